The highest BCUT2D eigenvalue weighted by atomic mass is 16.3. The fraction of sp³-hybridized carbons (Fsp3) is 0.400. The minimum atomic E-state index is -0.314. The molecule has 4 nitrogen and oxygen atoms in total. The van der Waals surface area contributed by atoms with Crippen molar-refractivity contribution < 1.29 is 5.11 Å². The molecule has 1 aliphatic rings. The van der Waals surface area contributed by atoms with E-state index in [4.69, 9.17) is 0 Å². The van der Waals surface area contributed by atoms with E-state index in [1.165, 1.54) is 11.3 Å². The Bertz CT molecular complexity index is 564. The van der Waals surface area contributed by atoms with Gasteiger partial charge in [0.1, 0.15) is 0 Å². The molecule has 0 fully saturated rings. The van der Waals surface area contributed by atoms with Crippen molar-refractivity contribution >= 4 is 5.69 Å². The topological polar surface area (TPSA) is 41.3 Å². The molecule has 2 heterocycles. The summed E-state index contributed by atoms with van der Waals surface area (Å²) in [5.74, 6) is 0. The minimum Gasteiger partial charge on any atom is -0.388 e. The normalized spacial score (nSPS) is 18.4. The van der Waals surface area contributed by atoms with Crippen LogP contribution >= 0.6 is 0 Å². The molecule has 0 aliphatic carbocycles. The van der Waals surface area contributed by atoms with Gasteiger partial charge in [0.2, 0.25) is 0 Å². The number of rotatable bonds is 3. The first kappa shape index (κ1) is 12.2. The Hall–Kier alpha value is -1.81. The summed E-state index contributed by atoms with van der Waals surface area (Å²) in [6, 6.07) is 8.15. The number of hydrogen-bond donors (Lipinski definition) is 1. The molecule has 1 atom stereocenters. The van der Waals surface area contributed by atoms with Crippen molar-refractivity contribution in [3.05, 3.63) is 47.8 Å². The van der Waals surface area contributed by atoms with Crippen LogP contribution in [0.2, 0.25) is 0 Å². The number of nitrogens with zero attached hydrogens (tertiary/aromatic N) is 3. The molecule has 100 valence electrons. The molecule has 0 saturated carbocycles. The van der Waals surface area contributed by atoms with E-state index in [-0.39, 0.29) is 6.10 Å². The highest BCUT2D eigenvalue weighted by Crippen LogP contribution is 2.33. The third-order valence-corrected chi connectivity index (χ3v) is 3.74. The third kappa shape index (κ3) is 2.49. The van der Waals surface area contributed by atoms with Gasteiger partial charge in [-0.05, 0) is 24.5 Å². The summed E-state index contributed by atoms with van der Waals surface area (Å²) in [5.41, 5.74) is 3.48. The van der Waals surface area contributed by atoms with Gasteiger partial charge in [-0.25, -0.2) is 0 Å². The Morgan fingerprint density at radius 3 is 3.00 bits per heavy atom. The highest BCUT2D eigenvalue weighted by Gasteiger charge is 2.22. The lowest BCUT2D eigenvalue weighted by molar-refractivity contribution is 0.164. The number of fused-ring (bicyclic) bond motifs is 1. The van der Waals surface area contributed by atoms with Gasteiger partial charge in [-0.3, -0.25) is 4.68 Å². The second-order valence-electron chi connectivity index (χ2n) is 5.12. The molecule has 1 aromatic heterocycles. The standard InChI is InChI=1S/C15H19N3O/c1-17-11-12(10-16-17)6-8-18-9-7-15(19)13-4-2-3-5-14(13)18/h2-5,10-11,15,19H,6-9H2,1H3. The average Bonchev–Trinajstić information content (AvgIpc) is 2.84. The number of para-hydroxylation sites is 1. The van der Waals surface area contributed by atoms with Gasteiger partial charge in [-0.1, -0.05) is 18.2 Å². The Morgan fingerprint density at radius 1 is 1.37 bits per heavy atom. The van der Waals surface area contributed by atoms with Crippen LogP contribution < -0.4 is 4.90 Å². The SMILES string of the molecule is Cn1cc(CCN2CCC(O)c3ccccc32)cn1. The van der Waals surface area contributed by atoms with E-state index >= 15 is 0 Å². The van der Waals surface area contributed by atoms with Crippen molar-refractivity contribution in [2.75, 3.05) is 18.0 Å². The van der Waals surface area contributed by atoms with Crippen LogP contribution in [-0.2, 0) is 13.5 Å². The van der Waals surface area contributed by atoms with Crippen LogP contribution in [0.25, 0.3) is 0 Å². The van der Waals surface area contributed by atoms with Crippen LogP contribution in [0.15, 0.2) is 36.7 Å². The van der Waals surface area contributed by atoms with Crippen LogP contribution in [0.5, 0.6) is 0 Å². The molecule has 1 aromatic carbocycles. The smallest absolute Gasteiger partial charge is 0.0826 e. The number of hydrogen-bond acceptors (Lipinski definition) is 3. The van der Waals surface area contributed by atoms with E-state index in [1.54, 1.807) is 0 Å². The number of benzene rings is 1. The Balaban J connectivity index is 1.74. The Kier molecular flexibility index (Phi) is 3.25. The van der Waals surface area contributed by atoms with Gasteiger partial charge in [0.05, 0.1) is 12.3 Å². The summed E-state index contributed by atoms with van der Waals surface area (Å²) in [4.78, 5) is 2.36. The highest BCUT2D eigenvalue weighted by molar-refractivity contribution is 5.56. The largest absolute Gasteiger partial charge is 0.388 e. The molecular weight excluding hydrogens is 238 g/mol. The lowest BCUT2D eigenvalue weighted by Crippen LogP contribution is -2.32. The van der Waals surface area contributed by atoms with Crippen LogP contribution in [0.4, 0.5) is 5.69 Å². The molecule has 0 saturated heterocycles. The van der Waals surface area contributed by atoms with Crippen LogP contribution in [0, 0.1) is 0 Å². The Labute approximate surface area is 113 Å². The monoisotopic (exact) mass is 257 g/mol. The quantitative estimate of drug-likeness (QED) is 0.913. The number of aliphatic hydroxyl groups excluding tert-OH is 1. The maximum Gasteiger partial charge on any atom is 0.0826 e. The van der Waals surface area contributed by atoms with Crippen LogP contribution in [0.1, 0.15) is 23.7 Å². The molecule has 0 spiro atoms. The molecule has 1 unspecified atom stereocenters. The maximum atomic E-state index is 10.0. The van der Waals surface area contributed by atoms with Crippen molar-refractivity contribution in [3.63, 3.8) is 0 Å². The van der Waals surface area contributed by atoms with Crippen molar-refractivity contribution in [1.82, 2.24) is 9.78 Å². The molecule has 0 radical (unpaired) electrons. The van der Waals surface area contributed by atoms with E-state index in [9.17, 15) is 5.11 Å². The minimum absolute atomic E-state index is 0.314. The third-order valence-electron chi connectivity index (χ3n) is 3.74. The fourth-order valence-corrected chi connectivity index (χ4v) is 2.71. The molecular formula is C15H19N3O. The van der Waals surface area contributed by atoms with Crippen molar-refractivity contribution in [3.8, 4) is 0 Å². The molecule has 1 N–H and O–H groups in total. The first-order valence-corrected chi connectivity index (χ1v) is 6.73. The van der Waals surface area contributed by atoms with Crippen LogP contribution in [0.3, 0.4) is 0 Å². The lowest BCUT2D eigenvalue weighted by atomic mass is 9.98. The second kappa shape index (κ2) is 5.05. The second-order valence-corrected chi connectivity index (χ2v) is 5.12. The molecule has 4 heteroatoms. The lowest BCUT2D eigenvalue weighted by Gasteiger charge is -2.33. The molecule has 19 heavy (non-hydrogen) atoms. The first-order valence-electron chi connectivity index (χ1n) is 6.73. The van der Waals surface area contributed by atoms with Gasteiger partial charge in [0, 0.05) is 37.6 Å². The Morgan fingerprint density at radius 2 is 2.21 bits per heavy atom. The fourth-order valence-electron chi connectivity index (χ4n) is 2.71. The predicted molar refractivity (Wildman–Crippen MR) is 75.1 cm³/mol. The first-order chi connectivity index (χ1) is 9.24. The van der Waals surface area contributed by atoms with E-state index in [2.05, 4.69) is 22.3 Å². The zero-order chi connectivity index (χ0) is 13.2. The summed E-state index contributed by atoms with van der Waals surface area (Å²) in [5, 5.41) is 14.2. The van der Waals surface area contributed by atoms with Gasteiger partial charge in [-0.15, -0.1) is 0 Å². The summed E-state index contributed by atoms with van der Waals surface area (Å²) in [6.07, 6.45) is 5.46. The number of anilines is 1. The number of aliphatic hydroxyl groups is 1. The average molecular weight is 257 g/mol. The van der Waals surface area contributed by atoms with Crippen molar-refractivity contribution in [2.45, 2.75) is 18.9 Å². The molecule has 2 aromatic rings. The number of aryl methyl sites for hydroxylation is 1. The number of aromatic nitrogens is 2. The molecule has 0 amide bonds. The zero-order valence-electron chi connectivity index (χ0n) is 11.2. The van der Waals surface area contributed by atoms with E-state index in [1.807, 2.05) is 36.1 Å². The van der Waals surface area contributed by atoms with E-state index < -0.39 is 0 Å². The molecule has 3 rings (SSSR count). The molecule has 1 aliphatic heterocycles. The summed E-state index contributed by atoms with van der Waals surface area (Å²) in [7, 11) is 1.94. The summed E-state index contributed by atoms with van der Waals surface area (Å²) < 4.78 is 1.84. The van der Waals surface area contributed by atoms with Gasteiger partial charge >= 0.3 is 0 Å². The van der Waals surface area contributed by atoms with E-state index in [0.29, 0.717) is 0 Å². The van der Waals surface area contributed by atoms with Gasteiger partial charge < -0.3 is 10.0 Å². The maximum absolute atomic E-state index is 10.0. The molecule has 0 bridgehead atoms. The zero-order valence-corrected chi connectivity index (χ0v) is 11.2. The van der Waals surface area contributed by atoms with Crippen molar-refractivity contribution in [2.24, 2.45) is 7.05 Å². The van der Waals surface area contributed by atoms with E-state index in [0.717, 1.165) is 31.5 Å². The van der Waals surface area contributed by atoms with Gasteiger partial charge in [-0.2, -0.15) is 5.10 Å². The van der Waals surface area contributed by atoms with Crippen LogP contribution in [-0.4, -0.2) is 28.0 Å². The summed E-state index contributed by atoms with van der Waals surface area (Å²) >= 11 is 0. The van der Waals surface area contributed by atoms with Gasteiger partial charge in [0.15, 0.2) is 0 Å². The summed E-state index contributed by atoms with van der Waals surface area (Å²) in [6.45, 7) is 1.88. The predicted octanol–water partition coefficient (Wildman–Crippen LogP) is 1.91. The van der Waals surface area contributed by atoms with Crippen molar-refractivity contribution in [1.29, 1.82) is 0 Å². The van der Waals surface area contributed by atoms with Gasteiger partial charge in [0.25, 0.3) is 0 Å².